The van der Waals surface area contributed by atoms with Crippen LogP contribution in [-0.2, 0) is 14.5 Å². The maximum atomic E-state index is 13.8. The average molecular weight is 406 g/mol. The van der Waals surface area contributed by atoms with Crippen molar-refractivity contribution in [2.24, 2.45) is 17.8 Å². The van der Waals surface area contributed by atoms with Gasteiger partial charge < -0.3 is 4.90 Å². The van der Waals surface area contributed by atoms with E-state index in [2.05, 4.69) is 41.5 Å². The highest BCUT2D eigenvalue weighted by Gasteiger charge is 2.43. The fraction of sp³-hybridized carbons (Fsp3) is 0.708. The van der Waals surface area contributed by atoms with Gasteiger partial charge in [-0.2, -0.15) is 0 Å². The Labute approximate surface area is 174 Å². The summed E-state index contributed by atoms with van der Waals surface area (Å²) in [7, 11) is -0.0934. The minimum Gasteiger partial charge on any atom is -0.341 e. The topological polar surface area (TPSA) is 37.4 Å². The SMILES string of the molecule is CC(C)CCCCCC(P=O)(C(=O)N(CC(C)C)CC(C)C)c1ccccc1. The van der Waals surface area contributed by atoms with E-state index in [4.69, 9.17) is 0 Å². The van der Waals surface area contributed by atoms with Gasteiger partial charge in [-0.1, -0.05) is 97.6 Å². The van der Waals surface area contributed by atoms with Crippen LogP contribution in [0.3, 0.4) is 0 Å². The molecule has 0 saturated carbocycles. The third-order valence-electron chi connectivity index (χ3n) is 5.04. The van der Waals surface area contributed by atoms with Gasteiger partial charge in [0, 0.05) is 13.1 Å². The molecule has 1 atom stereocenters. The summed E-state index contributed by atoms with van der Waals surface area (Å²) >= 11 is 0. The number of benzene rings is 1. The van der Waals surface area contributed by atoms with Crippen molar-refractivity contribution in [2.75, 3.05) is 13.1 Å². The molecule has 28 heavy (non-hydrogen) atoms. The number of carbonyl (C=O) groups excluding carboxylic acids is 1. The van der Waals surface area contributed by atoms with Crippen LogP contribution in [0.25, 0.3) is 0 Å². The summed E-state index contributed by atoms with van der Waals surface area (Å²) < 4.78 is 12.6. The first-order valence-corrected chi connectivity index (χ1v) is 11.7. The van der Waals surface area contributed by atoms with Gasteiger partial charge in [0.25, 0.3) is 0 Å². The van der Waals surface area contributed by atoms with E-state index in [-0.39, 0.29) is 14.4 Å². The summed E-state index contributed by atoms with van der Waals surface area (Å²) in [6.45, 7) is 14.4. The third-order valence-corrected chi connectivity index (χ3v) is 6.02. The zero-order valence-electron chi connectivity index (χ0n) is 18.8. The molecule has 0 aliphatic heterocycles. The molecule has 0 radical (unpaired) electrons. The largest absolute Gasteiger partial charge is 0.341 e. The minimum absolute atomic E-state index is 0.0154. The van der Waals surface area contributed by atoms with Gasteiger partial charge in [0.2, 0.25) is 5.91 Å². The van der Waals surface area contributed by atoms with Crippen LogP contribution in [-0.4, -0.2) is 23.9 Å². The zero-order valence-corrected chi connectivity index (χ0v) is 19.7. The Hall–Kier alpha value is -1.21. The van der Waals surface area contributed by atoms with Gasteiger partial charge in [0.1, 0.15) is 0 Å². The van der Waals surface area contributed by atoms with Crippen molar-refractivity contribution in [3.05, 3.63) is 35.9 Å². The summed E-state index contributed by atoms with van der Waals surface area (Å²) in [4.78, 5) is 15.7. The molecule has 0 bridgehead atoms. The number of rotatable bonds is 13. The van der Waals surface area contributed by atoms with Crippen molar-refractivity contribution in [2.45, 2.75) is 78.8 Å². The van der Waals surface area contributed by atoms with Gasteiger partial charge in [-0.25, -0.2) is 0 Å². The fourth-order valence-electron chi connectivity index (χ4n) is 3.72. The standard InChI is InChI=1S/C24H40NO2P/c1-19(2)13-9-8-12-16-24(28-27,22-14-10-7-11-15-22)23(26)25(17-20(3)4)18-21(5)6/h7,10-11,14-15,19-21H,8-9,12-13,16-18H2,1-6H3. The Balaban J connectivity index is 3.12. The highest BCUT2D eigenvalue weighted by atomic mass is 31.1. The van der Waals surface area contributed by atoms with Crippen molar-refractivity contribution in [3.8, 4) is 0 Å². The second-order valence-corrected chi connectivity index (χ2v) is 10.3. The number of hydrogen-bond acceptors (Lipinski definition) is 2. The van der Waals surface area contributed by atoms with E-state index in [1.54, 1.807) is 0 Å². The Morgan fingerprint density at radius 3 is 1.93 bits per heavy atom. The highest BCUT2D eigenvalue weighted by molar-refractivity contribution is 7.27. The lowest BCUT2D eigenvalue weighted by atomic mass is 9.89. The van der Waals surface area contributed by atoms with E-state index in [1.165, 1.54) is 6.42 Å². The molecule has 158 valence electrons. The molecule has 4 heteroatoms. The molecule has 0 spiro atoms. The molecule has 1 rings (SSSR count). The Bertz CT molecular complexity index is 576. The molecule has 0 aliphatic rings. The fourth-order valence-corrected chi connectivity index (χ4v) is 4.44. The Kier molecular flexibility index (Phi) is 11.0. The third kappa shape index (κ3) is 7.66. The smallest absolute Gasteiger partial charge is 0.244 e. The summed E-state index contributed by atoms with van der Waals surface area (Å²) in [6, 6.07) is 9.75. The average Bonchev–Trinajstić information content (AvgIpc) is 2.63. The summed E-state index contributed by atoms with van der Waals surface area (Å²) in [5.41, 5.74) is 0.873. The molecular formula is C24H40NO2P. The van der Waals surface area contributed by atoms with Crippen LogP contribution in [0.5, 0.6) is 0 Å². The maximum absolute atomic E-state index is 13.8. The first-order valence-electron chi connectivity index (χ1n) is 10.9. The molecule has 1 amide bonds. The monoisotopic (exact) mass is 405 g/mol. The molecule has 0 aromatic heterocycles. The molecule has 0 N–H and O–H groups in total. The lowest BCUT2D eigenvalue weighted by molar-refractivity contribution is -0.135. The lowest BCUT2D eigenvalue weighted by Crippen LogP contribution is -2.46. The van der Waals surface area contributed by atoms with Crippen LogP contribution in [0.1, 0.15) is 79.2 Å². The molecule has 3 nitrogen and oxygen atoms in total. The Morgan fingerprint density at radius 2 is 1.46 bits per heavy atom. The molecular weight excluding hydrogens is 365 g/mol. The number of hydrogen-bond donors (Lipinski definition) is 0. The molecule has 1 aromatic rings. The maximum Gasteiger partial charge on any atom is 0.244 e. The van der Waals surface area contributed by atoms with Gasteiger partial charge in [-0.15, -0.1) is 0 Å². The summed E-state index contributed by atoms with van der Waals surface area (Å²) in [5, 5.41) is -0.969. The van der Waals surface area contributed by atoms with E-state index in [0.717, 1.165) is 24.8 Å². The normalized spacial score (nSPS) is 14.0. The minimum atomic E-state index is -0.969. The predicted molar refractivity (Wildman–Crippen MR) is 120 cm³/mol. The number of carbonyl (C=O) groups is 1. The van der Waals surface area contributed by atoms with E-state index >= 15 is 0 Å². The van der Waals surface area contributed by atoms with Gasteiger partial charge in [0.15, 0.2) is 13.6 Å². The van der Waals surface area contributed by atoms with E-state index in [0.29, 0.717) is 37.3 Å². The van der Waals surface area contributed by atoms with Gasteiger partial charge >= 0.3 is 0 Å². The quantitative estimate of drug-likeness (QED) is 0.264. The number of unbranched alkanes of at least 4 members (excludes halogenated alkanes) is 2. The highest BCUT2D eigenvalue weighted by Crippen LogP contribution is 2.42. The van der Waals surface area contributed by atoms with E-state index < -0.39 is 5.16 Å². The second-order valence-electron chi connectivity index (χ2n) is 9.31. The van der Waals surface area contributed by atoms with Crippen LogP contribution >= 0.6 is 8.46 Å². The van der Waals surface area contributed by atoms with Crippen molar-refractivity contribution in [1.29, 1.82) is 0 Å². The van der Waals surface area contributed by atoms with Crippen molar-refractivity contribution in [1.82, 2.24) is 4.90 Å². The summed E-state index contributed by atoms with van der Waals surface area (Å²) in [6.07, 6.45) is 4.98. The predicted octanol–water partition coefficient (Wildman–Crippen LogP) is 6.92. The van der Waals surface area contributed by atoms with Crippen molar-refractivity contribution >= 4 is 14.4 Å². The summed E-state index contributed by atoms with van der Waals surface area (Å²) in [5.74, 6) is 1.48. The van der Waals surface area contributed by atoms with Crippen LogP contribution in [0.2, 0.25) is 0 Å². The zero-order chi connectivity index (χ0) is 21.2. The first kappa shape index (κ1) is 24.8. The lowest BCUT2D eigenvalue weighted by Gasteiger charge is -2.35. The van der Waals surface area contributed by atoms with Crippen LogP contribution < -0.4 is 0 Å². The number of nitrogens with zero attached hydrogens (tertiary/aromatic N) is 1. The van der Waals surface area contributed by atoms with Crippen molar-refractivity contribution < 1.29 is 9.36 Å². The first-order chi connectivity index (χ1) is 13.2. The molecule has 1 unspecified atom stereocenters. The van der Waals surface area contributed by atoms with E-state index in [1.807, 2.05) is 35.2 Å². The molecule has 0 fully saturated rings. The number of amides is 1. The van der Waals surface area contributed by atoms with Gasteiger partial charge in [-0.3, -0.25) is 9.36 Å². The van der Waals surface area contributed by atoms with Crippen LogP contribution in [0.15, 0.2) is 30.3 Å². The second kappa shape index (κ2) is 12.4. The Morgan fingerprint density at radius 1 is 0.893 bits per heavy atom. The van der Waals surface area contributed by atoms with Gasteiger partial charge in [-0.05, 0) is 29.7 Å². The van der Waals surface area contributed by atoms with Crippen LogP contribution in [0, 0.1) is 17.8 Å². The van der Waals surface area contributed by atoms with Crippen LogP contribution in [0.4, 0.5) is 0 Å². The molecule has 0 saturated heterocycles. The molecule has 0 aliphatic carbocycles. The molecule has 1 aromatic carbocycles. The van der Waals surface area contributed by atoms with Gasteiger partial charge in [0.05, 0.1) is 0 Å². The van der Waals surface area contributed by atoms with Crippen molar-refractivity contribution in [3.63, 3.8) is 0 Å². The van der Waals surface area contributed by atoms with E-state index in [9.17, 15) is 9.36 Å². The molecule has 0 heterocycles.